The maximum atomic E-state index is 12.5. The number of carbonyl (C=O) groups is 1. The van der Waals surface area contributed by atoms with Gasteiger partial charge in [-0.15, -0.1) is 11.3 Å². The van der Waals surface area contributed by atoms with Gasteiger partial charge in [0.2, 0.25) is 0 Å². The SMILES string of the molecule is O=C([C@@H]1CCC2(CCN(Cc3nccs3)CC2)CO1)N1CCCC1. The Morgan fingerprint density at radius 1 is 1.25 bits per heavy atom. The first-order valence-electron chi connectivity index (χ1n) is 9.25. The number of hydrogen-bond donors (Lipinski definition) is 0. The predicted molar refractivity (Wildman–Crippen MR) is 93.8 cm³/mol. The van der Waals surface area contributed by atoms with E-state index in [0.717, 1.165) is 65.0 Å². The number of carbonyl (C=O) groups excluding carboxylic acids is 1. The molecule has 0 saturated carbocycles. The maximum absolute atomic E-state index is 12.5. The van der Waals surface area contributed by atoms with E-state index in [2.05, 4.69) is 9.88 Å². The van der Waals surface area contributed by atoms with Crippen molar-refractivity contribution >= 4 is 17.2 Å². The van der Waals surface area contributed by atoms with E-state index in [0.29, 0.717) is 5.41 Å². The number of amides is 1. The van der Waals surface area contributed by atoms with Gasteiger partial charge in [-0.1, -0.05) is 0 Å². The molecule has 4 rings (SSSR count). The van der Waals surface area contributed by atoms with E-state index >= 15 is 0 Å². The second-order valence-electron chi connectivity index (χ2n) is 7.57. The Hall–Kier alpha value is -0.980. The molecule has 4 heterocycles. The summed E-state index contributed by atoms with van der Waals surface area (Å²) in [6.07, 6.45) is 8.42. The van der Waals surface area contributed by atoms with E-state index < -0.39 is 0 Å². The molecule has 5 nitrogen and oxygen atoms in total. The molecule has 0 aromatic carbocycles. The van der Waals surface area contributed by atoms with Crippen molar-refractivity contribution in [1.82, 2.24) is 14.8 Å². The average molecular weight is 350 g/mol. The number of aromatic nitrogens is 1. The lowest BCUT2D eigenvalue weighted by atomic mass is 9.73. The van der Waals surface area contributed by atoms with Crippen LogP contribution < -0.4 is 0 Å². The molecule has 0 N–H and O–H groups in total. The lowest BCUT2D eigenvalue weighted by Crippen LogP contribution is -2.49. The minimum Gasteiger partial charge on any atom is -0.368 e. The van der Waals surface area contributed by atoms with Crippen LogP contribution in [-0.4, -0.2) is 59.6 Å². The molecule has 1 aromatic rings. The van der Waals surface area contributed by atoms with Crippen LogP contribution in [0, 0.1) is 5.41 Å². The van der Waals surface area contributed by atoms with Gasteiger partial charge in [0, 0.05) is 24.7 Å². The van der Waals surface area contributed by atoms with Gasteiger partial charge in [-0.3, -0.25) is 9.69 Å². The van der Waals surface area contributed by atoms with Gasteiger partial charge in [-0.2, -0.15) is 0 Å². The summed E-state index contributed by atoms with van der Waals surface area (Å²) < 4.78 is 6.07. The molecule has 0 radical (unpaired) electrons. The molecule has 24 heavy (non-hydrogen) atoms. The summed E-state index contributed by atoms with van der Waals surface area (Å²) in [5, 5.41) is 3.26. The number of thiazole rings is 1. The first-order valence-corrected chi connectivity index (χ1v) is 10.1. The van der Waals surface area contributed by atoms with Gasteiger partial charge in [-0.05, 0) is 57.0 Å². The summed E-state index contributed by atoms with van der Waals surface area (Å²) in [6, 6.07) is 0. The summed E-state index contributed by atoms with van der Waals surface area (Å²) in [5.41, 5.74) is 0.307. The van der Waals surface area contributed by atoms with Crippen LogP contribution in [0.2, 0.25) is 0 Å². The van der Waals surface area contributed by atoms with Gasteiger partial charge in [0.05, 0.1) is 13.2 Å². The largest absolute Gasteiger partial charge is 0.368 e. The number of nitrogens with zero attached hydrogens (tertiary/aromatic N) is 3. The van der Waals surface area contributed by atoms with Gasteiger partial charge in [0.25, 0.3) is 5.91 Å². The quantitative estimate of drug-likeness (QED) is 0.841. The van der Waals surface area contributed by atoms with Crippen molar-refractivity contribution in [1.29, 1.82) is 0 Å². The average Bonchev–Trinajstić information content (AvgIpc) is 3.31. The van der Waals surface area contributed by atoms with Crippen LogP contribution in [0.25, 0.3) is 0 Å². The summed E-state index contributed by atoms with van der Waals surface area (Å²) in [5.74, 6) is 0.239. The number of hydrogen-bond acceptors (Lipinski definition) is 5. The van der Waals surface area contributed by atoms with Crippen molar-refractivity contribution in [2.24, 2.45) is 5.41 Å². The third-order valence-corrected chi connectivity index (χ3v) is 6.74. The van der Waals surface area contributed by atoms with Crippen molar-refractivity contribution < 1.29 is 9.53 Å². The van der Waals surface area contributed by atoms with Gasteiger partial charge in [0.15, 0.2) is 0 Å². The van der Waals surface area contributed by atoms with Crippen LogP contribution >= 0.6 is 11.3 Å². The molecular formula is C18H27N3O2S. The molecule has 3 saturated heterocycles. The fourth-order valence-corrected chi connectivity index (χ4v) is 4.97. The molecule has 6 heteroatoms. The Bertz CT molecular complexity index is 539. The summed E-state index contributed by atoms with van der Waals surface area (Å²) in [7, 11) is 0. The lowest BCUT2D eigenvalue weighted by molar-refractivity contribution is -0.154. The van der Waals surface area contributed by atoms with Gasteiger partial charge < -0.3 is 9.64 Å². The highest BCUT2D eigenvalue weighted by atomic mass is 32.1. The molecule has 0 aliphatic carbocycles. The second-order valence-corrected chi connectivity index (χ2v) is 8.55. The van der Waals surface area contributed by atoms with E-state index in [1.54, 1.807) is 11.3 Å². The van der Waals surface area contributed by atoms with Crippen LogP contribution in [0.4, 0.5) is 0 Å². The van der Waals surface area contributed by atoms with Crippen molar-refractivity contribution in [2.75, 3.05) is 32.8 Å². The Balaban J connectivity index is 1.26. The number of piperidine rings is 1. The lowest BCUT2D eigenvalue weighted by Gasteiger charge is -2.45. The molecule has 3 aliphatic heterocycles. The molecule has 1 spiro atoms. The molecule has 3 fully saturated rings. The Labute approximate surface area is 148 Å². The van der Waals surface area contributed by atoms with E-state index in [1.165, 1.54) is 17.8 Å². The fraction of sp³-hybridized carbons (Fsp3) is 0.778. The van der Waals surface area contributed by atoms with Crippen molar-refractivity contribution in [3.8, 4) is 0 Å². The zero-order chi connectivity index (χ0) is 16.4. The number of likely N-dealkylation sites (tertiary alicyclic amines) is 2. The van der Waals surface area contributed by atoms with Gasteiger partial charge in [0.1, 0.15) is 11.1 Å². The Morgan fingerprint density at radius 2 is 2.04 bits per heavy atom. The van der Waals surface area contributed by atoms with Crippen molar-refractivity contribution in [3.63, 3.8) is 0 Å². The standard InChI is InChI=1S/C18H27N3O2S/c22-17(21-8-1-2-9-21)15-3-4-18(14-23-15)5-10-20(11-6-18)13-16-19-7-12-24-16/h7,12,15H,1-6,8-11,13-14H2/t15-/m0/s1. The van der Waals surface area contributed by atoms with Gasteiger partial charge >= 0.3 is 0 Å². The maximum Gasteiger partial charge on any atom is 0.251 e. The predicted octanol–water partition coefficient (Wildman–Crippen LogP) is 2.53. The molecule has 0 unspecified atom stereocenters. The first kappa shape index (κ1) is 16.5. The zero-order valence-corrected chi connectivity index (χ0v) is 15.1. The summed E-state index contributed by atoms with van der Waals surface area (Å²) >= 11 is 1.74. The molecule has 1 amide bonds. The molecule has 1 aromatic heterocycles. The first-order chi connectivity index (χ1) is 11.7. The Kier molecular flexibility index (Phi) is 4.88. The minimum atomic E-state index is -0.179. The van der Waals surface area contributed by atoms with E-state index in [9.17, 15) is 4.79 Å². The van der Waals surface area contributed by atoms with E-state index in [4.69, 9.17) is 4.74 Å². The Morgan fingerprint density at radius 3 is 2.67 bits per heavy atom. The van der Waals surface area contributed by atoms with Crippen LogP contribution in [0.1, 0.15) is 43.5 Å². The highest BCUT2D eigenvalue weighted by Crippen LogP contribution is 2.41. The second kappa shape index (κ2) is 7.10. The summed E-state index contributed by atoms with van der Waals surface area (Å²) in [4.78, 5) is 21.4. The smallest absolute Gasteiger partial charge is 0.251 e. The third kappa shape index (κ3) is 3.51. The monoisotopic (exact) mass is 349 g/mol. The topological polar surface area (TPSA) is 45.7 Å². The highest BCUT2D eigenvalue weighted by Gasteiger charge is 2.41. The van der Waals surface area contributed by atoms with Crippen LogP contribution in [0.15, 0.2) is 11.6 Å². The number of rotatable bonds is 3. The normalized spacial score (nSPS) is 27.7. The number of ether oxygens (including phenoxy) is 1. The van der Waals surface area contributed by atoms with Crippen molar-refractivity contribution in [2.45, 2.75) is 51.2 Å². The highest BCUT2D eigenvalue weighted by molar-refractivity contribution is 7.09. The van der Waals surface area contributed by atoms with E-state index in [1.807, 2.05) is 16.5 Å². The van der Waals surface area contributed by atoms with Crippen molar-refractivity contribution in [3.05, 3.63) is 16.6 Å². The third-order valence-electron chi connectivity index (χ3n) is 5.98. The van der Waals surface area contributed by atoms with Gasteiger partial charge in [-0.25, -0.2) is 4.98 Å². The fourth-order valence-electron chi connectivity index (χ4n) is 4.31. The summed E-state index contributed by atoms with van der Waals surface area (Å²) in [6.45, 7) is 5.83. The van der Waals surface area contributed by atoms with Crippen LogP contribution in [-0.2, 0) is 16.1 Å². The minimum absolute atomic E-state index is 0.179. The molecule has 132 valence electrons. The molecular weight excluding hydrogens is 322 g/mol. The van der Waals surface area contributed by atoms with Crippen LogP contribution in [0.5, 0.6) is 0 Å². The zero-order valence-electron chi connectivity index (χ0n) is 14.3. The molecule has 1 atom stereocenters. The molecule has 0 bridgehead atoms. The van der Waals surface area contributed by atoms with Crippen LogP contribution in [0.3, 0.4) is 0 Å². The molecule has 3 aliphatic rings. The van der Waals surface area contributed by atoms with E-state index in [-0.39, 0.29) is 12.0 Å².